The Morgan fingerprint density at radius 1 is 1.10 bits per heavy atom. The number of amides is 1. The Hall–Kier alpha value is -4.01. The second-order valence-corrected chi connectivity index (χ2v) is 7.22. The van der Waals surface area contributed by atoms with Crippen molar-refractivity contribution in [2.45, 2.75) is 25.5 Å². The first kappa shape index (κ1) is 19.0. The molecule has 31 heavy (non-hydrogen) atoms. The first-order chi connectivity index (χ1) is 15.2. The first-order valence-electron chi connectivity index (χ1n) is 9.82. The number of aromatic nitrogens is 4. The molecule has 1 saturated carbocycles. The van der Waals surface area contributed by atoms with Crippen LogP contribution in [0.15, 0.2) is 65.1 Å². The van der Waals surface area contributed by atoms with E-state index in [2.05, 4.69) is 20.8 Å². The summed E-state index contributed by atoms with van der Waals surface area (Å²) in [7, 11) is 0. The topological polar surface area (TPSA) is 95.1 Å². The van der Waals surface area contributed by atoms with Gasteiger partial charge in [0, 0.05) is 11.3 Å². The summed E-state index contributed by atoms with van der Waals surface area (Å²) in [4.78, 5) is 12.5. The minimum atomic E-state index is -0.372. The normalized spacial score (nSPS) is 13.2. The highest BCUT2D eigenvalue weighted by molar-refractivity contribution is 6.02. The van der Waals surface area contributed by atoms with Crippen LogP contribution in [-0.4, -0.2) is 26.1 Å². The summed E-state index contributed by atoms with van der Waals surface area (Å²) in [5.41, 5.74) is 1.51. The summed E-state index contributed by atoms with van der Waals surface area (Å²) in [6, 6.07) is 16.6. The molecule has 2 heterocycles. The number of benzene rings is 2. The van der Waals surface area contributed by atoms with Crippen LogP contribution in [0.4, 0.5) is 10.1 Å². The third kappa shape index (κ3) is 4.30. The van der Waals surface area contributed by atoms with Crippen LogP contribution in [0.1, 0.15) is 35.2 Å². The third-order valence-corrected chi connectivity index (χ3v) is 4.87. The van der Waals surface area contributed by atoms with Gasteiger partial charge in [-0.1, -0.05) is 0 Å². The van der Waals surface area contributed by atoms with E-state index in [-0.39, 0.29) is 24.1 Å². The van der Waals surface area contributed by atoms with Gasteiger partial charge in [0.2, 0.25) is 0 Å². The van der Waals surface area contributed by atoms with Crippen molar-refractivity contribution in [1.82, 2.24) is 20.2 Å². The highest BCUT2D eigenvalue weighted by atomic mass is 19.1. The molecular formula is C22H18FN5O3. The van der Waals surface area contributed by atoms with Gasteiger partial charge in [-0.3, -0.25) is 4.79 Å². The maximum absolute atomic E-state index is 12.9. The molecule has 1 aliphatic rings. The summed E-state index contributed by atoms with van der Waals surface area (Å²) in [5.74, 6) is 1.17. The fourth-order valence-electron chi connectivity index (χ4n) is 3.11. The molecule has 2 aromatic heterocycles. The van der Waals surface area contributed by atoms with Gasteiger partial charge in [-0.25, -0.2) is 9.07 Å². The lowest BCUT2D eigenvalue weighted by atomic mass is 10.2. The number of carbonyl (C=O) groups is 1. The van der Waals surface area contributed by atoms with E-state index in [4.69, 9.17) is 9.15 Å². The van der Waals surface area contributed by atoms with Gasteiger partial charge in [0.1, 0.15) is 23.9 Å². The number of hydrogen-bond acceptors (Lipinski definition) is 6. The van der Waals surface area contributed by atoms with E-state index in [1.807, 2.05) is 16.8 Å². The van der Waals surface area contributed by atoms with E-state index in [1.54, 1.807) is 24.3 Å². The number of nitrogens with one attached hydrogen (secondary N) is 1. The summed E-state index contributed by atoms with van der Waals surface area (Å²) < 4.78 is 25.9. The number of furan rings is 1. The van der Waals surface area contributed by atoms with Crippen LogP contribution in [-0.2, 0) is 6.61 Å². The number of rotatable bonds is 7. The van der Waals surface area contributed by atoms with Crippen LogP contribution < -0.4 is 10.1 Å². The van der Waals surface area contributed by atoms with E-state index in [1.165, 1.54) is 24.3 Å². The fraction of sp³-hybridized carbons (Fsp3) is 0.182. The van der Waals surface area contributed by atoms with E-state index in [0.717, 1.165) is 24.2 Å². The SMILES string of the molecule is O=C(Nc1ccc(-c2nnnn2C2CC2)cc1)c1ccc(COc2ccc(F)cc2)o1. The molecule has 8 nitrogen and oxygen atoms in total. The van der Waals surface area contributed by atoms with Gasteiger partial charge in [0.25, 0.3) is 5.91 Å². The highest BCUT2D eigenvalue weighted by Gasteiger charge is 2.28. The van der Waals surface area contributed by atoms with Crippen molar-refractivity contribution in [2.75, 3.05) is 5.32 Å². The molecule has 4 aromatic rings. The van der Waals surface area contributed by atoms with Gasteiger partial charge in [-0.05, 0) is 83.9 Å². The molecule has 156 valence electrons. The van der Waals surface area contributed by atoms with Crippen molar-refractivity contribution in [2.24, 2.45) is 0 Å². The van der Waals surface area contributed by atoms with Crippen molar-refractivity contribution in [3.63, 3.8) is 0 Å². The zero-order valence-corrected chi connectivity index (χ0v) is 16.4. The lowest BCUT2D eigenvalue weighted by molar-refractivity contribution is 0.0992. The standard InChI is InChI=1S/C22H18FN5O3/c23-15-3-9-18(10-4-15)30-13-19-11-12-20(31-19)22(29)24-16-5-1-14(2-6-16)21-25-26-27-28(21)17-7-8-17/h1-6,9-12,17H,7-8,13H2,(H,24,29). The Labute approximate surface area is 176 Å². The van der Waals surface area contributed by atoms with Gasteiger partial charge in [0.15, 0.2) is 11.6 Å². The van der Waals surface area contributed by atoms with Crippen molar-refractivity contribution in [3.8, 4) is 17.1 Å². The molecule has 2 aromatic carbocycles. The molecule has 0 spiro atoms. The molecule has 0 radical (unpaired) electrons. The predicted octanol–water partition coefficient (Wildman–Crippen LogP) is 4.24. The van der Waals surface area contributed by atoms with Crippen LogP contribution in [0, 0.1) is 5.82 Å². The minimum Gasteiger partial charge on any atom is -0.486 e. The van der Waals surface area contributed by atoms with Crippen LogP contribution >= 0.6 is 0 Å². The number of tetrazole rings is 1. The largest absolute Gasteiger partial charge is 0.486 e. The summed E-state index contributed by atoms with van der Waals surface area (Å²) in [5, 5.41) is 14.7. The molecule has 5 rings (SSSR count). The quantitative estimate of drug-likeness (QED) is 0.481. The average Bonchev–Trinajstić information content (AvgIpc) is 3.31. The maximum Gasteiger partial charge on any atom is 0.291 e. The van der Waals surface area contributed by atoms with Gasteiger partial charge < -0.3 is 14.5 Å². The predicted molar refractivity (Wildman–Crippen MR) is 109 cm³/mol. The van der Waals surface area contributed by atoms with Crippen LogP contribution in [0.25, 0.3) is 11.4 Å². The van der Waals surface area contributed by atoms with Gasteiger partial charge in [0.05, 0.1) is 6.04 Å². The van der Waals surface area contributed by atoms with Crippen molar-refractivity contribution in [3.05, 3.63) is 78.0 Å². The van der Waals surface area contributed by atoms with E-state index < -0.39 is 0 Å². The third-order valence-electron chi connectivity index (χ3n) is 4.87. The van der Waals surface area contributed by atoms with Gasteiger partial charge in [-0.2, -0.15) is 0 Å². The van der Waals surface area contributed by atoms with Gasteiger partial charge in [-0.15, -0.1) is 5.10 Å². The van der Waals surface area contributed by atoms with Crippen LogP contribution in [0.5, 0.6) is 5.75 Å². The summed E-state index contributed by atoms with van der Waals surface area (Å²) in [6.45, 7) is 0.128. The van der Waals surface area contributed by atoms with Crippen molar-refractivity contribution >= 4 is 11.6 Å². The number of halogens is 1. The number of nitrogens with zero attached hydrogens (tertiary/aromatic N) is 4. The van der Waals surface area contributed by atoms with Crippen LogP contribution in [0.3, 0.4) is 0 Å². The second-order valence-electron chi connectivity index (χ2n) is 7.22. The Kier molecular flexibility index (Phi) is 4.91. The Morgan fingerprint density at radius 3 is 2.61 bits per heavy atom. The van der Waals surface area contributed by atoms with E-state index >= 15 is 0 Å². The van der Waals surface area contributed by atoms with E-state index in [9.17, 15) is 9.18 Å². The van der Waals surface area contributed by atoms with E-state index in [0.29, 0.717) is 23.2 Å². The second kappa shape index (κ2) is 8.02. The lowest BCUT2D eigenvalue weighted by Gasteiger charge is -2.06. The molecule has 0 unspecified atom stereocenters. The molecule has 1 amide bonds. The molecule has 1 fully saturated rings. The maximum atomic E-state index is 12.9. The number of hydrogen-bond donors (Lipinski definition) is 1. The highest BCUT2D eigenvalue weighted by Crippen LogP contribution is 2.36. The zero-order valence-electron chi connectivity index (χ0n) is 16.4. The first-order valence-corrected chi connectivity index (χ1v) is 9.82. The van der Waals surface area contributed by atoms with Crippen molar-refractivity contribution in [1.29, 1.82) is 0 Å². The lowest BCUT2D eigenvalue weighted by Crippen LogP contribution is -2.10. The molecule has 1 aliphatic carbocycles. The number of carbonyl (C=O) groups excluding carboxylic acids is 1. The molecular weight excluding hydrogens is 401 g/mol. The monoisotopic (exact) mass is 419 g/mol. The zero-order chi connectivity index (χ0) is 21.2. The molecule has 1 N–H and O–H groups in total. The minimum absolute atomic E-state index is 0.128. The Balaban J connectivity index is 1.20. The van der Waals surface area contributed by atoms with Gasteiger partial charge >= 0.3 is 0 Å². The smallest absolute Gasteiger partial charge is 0.291 e. The number of anilines is 1. The number of ether oxygens (including phenoxy) is 1. The molecule has 0 aliphatic heterocycles. The fourth-order valence-corrected chi connectivity index (χ4v) is 3.11. The Bertz CT molecular complexity index is 1200. The summed E-state index contributed by atoms with van der Waals surface area (Å²) >= 11 is 0. The van der Waals surface area contributed by atoms with Crippen molar-refractivity contribution < 1.29 is 18.3 Å². The molecule has 0 saturated heterocycles. The summed E-state index contributed by atoms with van der Waals surface area (Å²) in [6.07, 6.45) is 2.18. The van der Waals surface area contributed by atoms with Crippen LogP contribution in [0.2, 0.25) is 0 Å². The molecule has 0 atom stereocenters. The molecule has 0 bridgehead atoms. The Morgan fingerprint density at radius 2 is 1.87 bits per heavy atom. The average molecular weight is 419 g/mol. The molecule has 9 heteroatoms.